The summed E-state index contributed by atoms with van der Waals surface area (Å²) in [5.41, 5.74) is 0.877. The maximum atomic E-state index is 8.94. The van der Waals surface area contributed by atoms with Crippen LogP contribution in [0.2, 0.25) is 0 Å². The van der Waals surface area contributed by atoms with E-state index in [4.69, 9.17) is 9.84 Å². The minimum Gasteiger partial charge on any atom is -0.494 e. The predicted octanol–water partition coefficient (Wildman–Crippen LogP) is 1.12. The lowest BCUT2D eigenvalue weighted by Gasteiger charge is -2.07. The molecule has 96 valence electrons. The van der Waals surface area contributed by atoms with Crippen molar-refractivity contribution < 1.29 is 9.84 Å². The Bertz CT molecular complexity index is 498. The second-order valence-corrected chi connectivity index (χ2v) is 3.83. The number of hydrogen-bond acceptors (Lipinski definition) is 5. The van der Waals surface area contributed by atoms with E-state index >= 15 is 0 Å². The number of rotatable bonds is 6. The SMILES string of the molecule is CCCOc1cccc(-c2nnnn2CCO)c1. The molecule has 0 aliphatic rings. The molecule has 2 rings (SSSR count). The van der Waals surface area contributed by atoms with Gasteiger partial charge in [-0.15, -0.1) is 5.10 Å². The molecule has 6 heteroatoms. The minimum absolute atomic E-state index is 0.00403. The standard InChI is InChI=1S/C12H16N4O2/c1-2-8-18-11-5-3-4-10(9-11)12-13-14-15-16(12)6-7-17/h3-5,9,17H,2,6-8H2,1H3. The molecule has 0 amide bonds. The maximum Gasteiger partial charge on any atom is 0.182 e. The highest BCUT2D eigenvalue weighted by molar-refractivity contribution is 5.57. The number of ether oxygens (including phenoxy) is 1. The second-order valence-electron chi connectivity index (χ2n) is 3.83. The summed E-state index contributed by atoms with van der Waals surface area (Å²) < 4.78 is 7.13. The van der Waals surface area contributed by atoms with Crippen molar-refractivity contribution in [3.05, 3.63) is 24.3 Å². The van der Waals surface area contributed by atoms with Crippen molar-refractivity contribution in [2.75, 3.05) is 13.2 Å². The maximum absolute atomic E-state index is 8.94. The minimum atomic E-state index is 0.00403. The van der Waals surface area contributed by atoms with Crippen LogP contribution in [0.15, 0.2) is 24.3 Å². The van der Waals surface area contributed by atoms with E-state index in [1.165, 1.54) is 0 Å². The van der Waals surface area contributed by atoms with Crippen molar-refractivity contribution in [1.29, 1.82) is 0 Å². The first kappa shape index (κ1) is 12.5. The molecule has 1 heterocycles. The number of aromatic nitrogens is 4. The second kappa shape index (κ2) is 6.11. The molecule has 0 fully saturated rings. The summed E-state index contributed by atoms with van der Waals surface area (Å²) in [5.74, 6) is 1.43. The number of nitrogens with zero attached hydrogens (tertiary/aromatic N) is 4. The summed E-state index contributed by atoms with van der Waals surface area (Å²) in [6.07, 6.45) is 0.965. The molecule has 2 aromatic rings. The molecule has 0 aliphatic carbocycles. The first-order chi connectivity index (χ1) is 8.85. The monoisotopic (exact) mass is 248 g/mol. The van der Waals surface area contributed by atoms with Gasteiger partial charge in [-0.1, -0.05) is 19.1 Å². The van der Waals surface area contributed by atoms with Gasteiger partial charge in [-0.05, 0) is 29.0 Å². The molecule has 0 radical (unpaired) electrons. The van der Waals surface area contributed by atoms with Crippen LogP contribution in [0.5, 0.6) is 5.75 Å². The number of benzene rings is 1. The third kappa shape index (κ3) is 2.84. The molecule has 0 bridgehead atoms. The van der Waals surface area contributed by atoms with Gasteiger partial charge in [-0.3, -0.25) is 0 Å². The Hall–Kier alpha value is -1.95. The molecule has 0 unspecified atom stereocenters. The van der Waals surface area contributed by atoms with Gasteiger partial charge in [0.1, 0.15) is 5.75 Å². The van der Waals surface area contributed by atoms with Gasteiger partial charge in [0.15, 0.2) is 5.82 Å². The van der Waals surface area contributed by atoms with Crippen molar-refractivity contribution in [3.63, 3.8) is 0 Å². The van der Waals surface area contributed by atoms with Crippen LogP contribution in [0.25, 0.3) is 11.4 Å². The molecular weight excluding hydrogens is 232 g/mol. The summed E-state index contributed by atoms with van der Waals surface area (Å²) in [6.45, 7) is 3.13. The molecule has 6 nitrogen and oxygen atoms in total. The van der Waals surface area contributed by atoms with Crippen molar-refractivity contribution in [2.24, 2.45) is 0 Å². The molecule has 1 aromatic carbocycles. The molecule has 1 aromatic heterocycles. The van der Waals surface area contributed by atoms with Crippen LogP contribution in [0.4, 0.5) is 0 Å². The third-order valence-electron chi connectivity index (χ3n) is 2.41. The van der Waals surface area contributed by atoms with Crippen LogP contribution in [0, 0.1) is 0 Å². The smallest absolute Gasteiger partial charge is 0.182 e. The number of hydrogen-bond donors (Lipinski definition) is 1. The zero-order valence-corrected chi connectivity index (χ0v) is 10.3. The fourth-order valence-electron chi connectivity index (χ4n) is 1.60. The van der Waals surface area contributed by atoms with Gasteiger partial charge in [0.2, 0.25) is 0 Å². The van der Waals surface area contributed by atoms with Gasteiger partial charge in [0.25, 0.3) is 0 Å². The largest absolute Gasteiger partial charge is 0.494 e. The van der Waals surface area contributed by atoms with Gasteiger partial charge in [0, 0.05) is 5.56 Å². The van der Waals surface area contributed by atoms with Gasteiger partial charge >= 0.3 is 0 Å². The Morgan fingerprint density at radius 1 is 1.39 bits per heavy atom. The quantitative estimate of drug-likeness (QED) is 0.829. The normalized spacial score (nSPS) is 10.6. The molecule has 0 atom stereocenters. The Labute approximate surface area is 105 Å². The highest BCUT2D eigenvalue weighted by Gasteiger charge is 2.09. The van der Waals surface area contributed by atoms with E-state index in [0.29, 0.717) is 19.0 Å². The lowest BCUT2D eigenvalue weighted by atomic mass is 10.2. The summed E-state index contributed by atoms with van der Waals surface area (Å²) in [4.78, 5) is 0. The summed E-state index contributed by atoms with van der Waals surface area (Å²) in [7, 11) is 0. The van der Waals surface area contributed by atoms with Crippen molar-refractivity contribution in [3.8, 4) is 17.1 Å². The zero-order chi connectivity index (χ0) is 12.8. The van der Waals surface area contributed by atoms with Crippen LogP contribution < -0.4 is 4.74 Å². The molecular formula is C12H16N4O2. The Balaban J connectivity index is 2.24. The Morgan fingerprint density at radius 2 is 2.28 bits per heavy atom. The molecule has 0 spiro atoms. The van der Waals surface area contributed by atoms with E-state index in [1.54, 1.807) is 4.68 Å². The van der Waals surface area contributed by atoms with Crippen LogP contribution in [0.3, 0.4) is 0 Å². The molecule has 0 aliphatic heterocycles. The number of aliphatic hydroxyl groups is 1. The highest BCUT2D eigenvalue weighted by atomic mass is 16.5. The number of aliphatic hydroxyl groups excluding tert-OH is 1. The average molecular weight is 248 g/mol. The van der Waals surface area contributed by atoms with E-state index in [-0.39, 0.29) is 6.61 Å². The van der Waals surface area contributed by atoms with Crippen LogP contribution in [-0.2, 0) is 6.54 Å². The lowest BCUT2D eigenvalue weighted by Crippen LogP contribution is -2.06. The molecule has 1 N–H and O–H groups in total. The first-order valence-corrected chi connectivity index (χ1v) is 5.95. The van der Waals surface area contributed by atoms with Gasteiger partial charge < -0.3 is 9.84 Å². The topological polar surface area (TPSA) is 73.1 Å². The summed E-state index contributed by atoms with van der Waals surface area (Å²) in [5, 5.41) is 20.3. The molecule has 18 heavy (non-hydrogen) atoms. The van der Waals surface area contributed by atoms with Crippen LogP contribution >= 0.6 is 0 Å². The van der Waals surface area contributed by atoms with E-state index in [9.17, 15) is 0 Å². The van der Waals surface area contributed by atoms with E-state index in [1.807, 2.05) is 24.3 Å². The predicted molar refractivity (Wildman–Crippen MR) is 66.1 cm³/mol. The fourth-order valence-corrected chi connectivity index (χ4v) is 1.60. The number of tetrazole rings is 1. The van der Waals surface area contributed by atoms with Crippen LogP contribution in [0.1, 0.15) is 13.3 Å². The lowest BCUT2D eigenvalue weighted by molar-refractivity contribution is 0.269. The van der Waals surface area contributed by atoms with E-state index in [0.717, 1.165) is 17.7 Å². The van der Waals surface area contributed by atoms with E-state index < -0.39 is 0 Å². The molecule has 0 saturated heterocycles. The van der Waals surface area contributed by atoms with Gasteiger partial charge in [0.05, 0.1) is 19.8 Å². The fraction of sp³-hybridized carbons (Fsp3) is 0.417. The summed E-state index contributed by atoms with van der Waals surface area (Å²) >= 11 is 0. The van der Waals surface area contributed by atoms with Crippen molar-refractivity contribution in [1.82, 2.24) is 20.2 Å². The van der Waals surface area contributed by atoms with E-state index in [2.05, 4.69) is 22.4 Å². The summed E-state index contributed by atoms with van der Waals surface area (Å²) in [6, 6.07) is 7.62. The zero-order valence-electron chi connectivity index (χ0n) is 10.3. The molecule has 0 saturated carbocycles. The third-order valence-corrected chi connectivity index (χ3v) is 2.41. The highest BCUT2D eigenvalue weighted by Crippen LogP contribution is 2.21. The van der Waals surface area contributed by atoms with Gasteiger partial charge in [-0.2, -0.15) is 0 Å². The Morgan fingerprint density at radius 3 is 3.06 bits per heavy atom. The van der Waals surface area contributed by atoms with Crippen molar-refractivity contribution in [2.45, 2.75) is 19.9 Å². The average Bonchev–Trinajstić information content (AvgIpc) is 2.85. The van der Waals surface area contributed by atoms with Crippen molar-refractivity contribution >= 4 is 0 Å². The first-order valence-electron chi connectivity index (χ1n) is 5.95. The Kier molecular flexibility index (Phi) is 4.25. The van der Waals surface area contributed by atoms with Gasteiger partial charge in [-0.25, -0.2) is 4.68 Å². The van der Waals surface area contributed by atoms with Crippen LogP contribution in [-0.4, -0.2) is 38.5 Å².